The molecule has 0 heterocycles. The molecule has 4 rings (SSSR count). The second kappa shape index (κ2) is 6.79. The average Bonchev–Trinajstić information content (AvgIpc) is 2.71. The number of carbonyl (C=O) groups is 1. The predicted octanol–water partition coefficient (Wildman–Crippen LogP) is 5.00. The Morgan fingerprint density at radius 2 is 1.72 bits per heavy atom. The van der Waals surface area contributed by atoms with Crippen molar-refractivity contribution in [2.75, 3.05) is 14.1 Å². The van der Waals surface area contributed by atoms with Crippen molar-refractivity contribution in [1.82, 2.24) is 4.90 Å². The summed E-state index contributed by atoms with van der Waals surface area (Å²) >= 11 is 0. The minimum atomic E-state index is -0.497. The van der Waals surface area contributed by atoms with Gasteiger partial charge in [0.15, 0.2) is 0 Å². The first-order chi connectivity index (χ1) is 13.4. The number of allylic oxidation sites excluding steroid dienone is 4. The van der Waals surface area contributed by atoms with Crippen molar-refractivity contribution >= 4 is 5.78 Å². The zero-order valence-electron chi connectivity index (χ0n) is 19.6. The molecule has 2 fully saturated rings. The van der Waals surface area contributed by atoms with E-state index in [1.54, 1.807) is 12.5 Å². The summed E-state index contributed by atoms with van der Waals surface area (Å²) in [5.41, 5.74) is 3.27. The summed E-state index contributed by atoms with van der Waals surface area (Å²) in [6.07, 6.45) is 11.0. The van der Waals surface area contributed by atoms with Crippen LogP contribution in [0.5, 0.6) is 0 Å². The fraction of sp³-hybridized carbons (Fsp3) is 0.808. The largest absolute Gasteiger partial charge is 0.392 e. The minimum absolute atomic E-state index is 0.0114. The summed E-state index contributed by atoms with van der Waals surface area (Å²) in [4.78, 5) is 14.9. The molecule has 1 N–H and O–H groups in total. The van der Waals surface area contributed by atoms with E-state index in [0.29, 0.717) is 17.9 Å². The SMILES string of the molecule is CC(=O)[C@H]1[C@H](O)C[C@@]2(C)[C@@H]3CC[C@@H]4C(=CC3=CC[C@]12C)CC[C@H](N(C)C)C4(C)C. The molecular formula is C26H41NO2. The Hall–Kier alpha value is -0.930. The van der Waals surface area contributed by atoms with Gasteiger partial charge in [0.25, 0.3) is 0 Å². The first-order valence-corrected chi connectivity index (χ1v) is 11.7. The Balaban J connectivity index is 1.72. The van der Waals surface area contributed by atoms with Gasteiger partial charge >= 0.3 is 0 Å². The molecule has 0 bridgehead atoms. The molecule has 162 valence electrons. The lowest BCUT2D eigenvalue weighted by Gasteiger charge is -2.52. The van der Waals surface area contributed by atoms with Gasteiger partial charge in [0.2, 0.25) is 0 Å². The van der Waals surface area contributed by atoms with Crippen LogP contribution in [0.2, 0.25) is 0 Å². The molecule has 4 aliphatic rings. The number of nitrogens with zero attached hydrogens (tertiary/aromatic N) is 1. The lowest BCUT2D eigenvalue weighted by molar-refractivity contribution is -0.129. The van der Waals surface area contributed by atoms with Crippen LogP contribution in [-0.4, -0.2) is 42.0 Å². The number of Topliss-reactive ketones (excluding diaryl/α,β-unsaturated/α-hetero) is 1. The topological polar surface area (TPSA) is 40.5 Å². The molecule has 0 aliphatic heterocycles. The van der Waals surface area contributed by atoms with Gasteiger partial charge < -0.3 is 10.0 Å². The number of aliphatic hydroxyl groups is 1. The Kier molecular flexibility index (Phi) is 4.99. The van der Waals surface area contributed by atoms with Crippen LogP contribution in [0, 0.1) is 34.0 Å². The smallest absolute Gasteiger partial charge is 0.136 e. The number of hydrogen-bond acceptors (Lipinski definition) is 3. The molecule has 0 aromatic carbocycles. The molecule has 0 aromatic rings. The van der Waals surface area contributed by atoms with Crippen molar-refractivity contribution in [1.29, 1.82) is 0 Å². The van der Waals surface area contributed by atoms with Crippen molar-refractivity contribution in [2.24, 2.45) is 34.0 Å². The third-order valence-electron chi connectivity index (χ3n) is 10.0. The standard InChI is InChI=1S/C26H41NO2/c1-16(28)23-21(29)15-26(5)20-10-9-19-17(14-18(20)12-13-25(23,26)4)8-11-22(27(6)7)24(19,2)3/h12,14,19-23,29H,8-11,13,15H2,1-7H3/t19-,20-,21-,22+,23+,25-,26+/m1/s1. The van der Waals surface area contributed by atoms with Gasteiger partial charge in [0, 0.05) is 12.0 Å². The maximum Gasteiger partial charge on any atom is 0.136 e. The monoisotopic (exact) mass is 399 g/mol. The van der Waals surface area contributed by atoms with E-state index in [0.717, 1.165) is 12.8 Å². The van der Waals surface area contributed by atoms with E-state index < -0.39 is 6.10 Å². The van der Waals surface area contributed by atoms with E-state index in [-0.39, 0.29) is 27.9 Å². The molecule has 0 spiro atoms. The Bertz CT molecular complexity index is 763. The van der Waals surface area contributed by atoms with Crippen LogP contribution in [0.1, 0.15) is 73.1 Å². The second-order valence-corrected chi connectivity index (χ2v) is 11.8. The van der Waals surface area contributed by atoms with Crippen molar-refractivity contribution in [3.63, 3.8) is 0 Å². The third kappa shape index (κ3) is 2.86. The van der Waals surface area contributed by atoms with Gasteiger partial charge in [0.05, 0.1) is 6.10 Å². The summed E-state index contributed by atoms with van der Waals surface area (Å²) in [5, 5.41) is 10.9. The molecule has 0 radical (unpaired) electrons. The first kappa shape index (κ1) is 21.3. The summed E-state index contributed by atoms with van der Waals surface area (Å²) in [6, 6.07) is 0.620. The van der Waals surface area contributed by atoms with E-state index in [9.17, 15) is 9.90 Å². The highest BCUT2D eigenvalue weighted by Gasteiger charge is 2.64. The van der Waals surface area contributed by atoms with Crippen LogP contribution < -0.4 is 0 Å². The van der Waals surface area contributed by atoms with Crippen LogP contribution in [0.3, 0.4) is 0 Å². The zero-order chi connectivity index (χ0) is 21.4. The molecule has 0 amide bonds. The third-order valence-corrected chi connectivity index (χ3v) is 10.0. The van der Waals surface area contributed by atoms with Crippen LogP contribution in [-0.2, 0) is 4.79 Å². The normalized spacial score (nSPS) is 46.2. The molecule has 7 atom stereocenters. The maximum absolute atomic E-state index is 12.5. The fourth-order valence-electron chi connectivity index (χ4n) is 8.43. The summed E-state index contributed by atoms with van der Waals surface area (Å²) in [6.45, 7) is 11.3. The maximum atomic E-state index is 12.5. The lowest BCUT2D eigenvalue weighted by atomic mass is 9.52. The van der Waals surface area contributed by atoms with Crippen LogP contribution in [0.4, 0.5) is 0 Å². The fourth-order valence-corrected chi connectivity index (χ4v) is 8.43. The van der Waals surface area contributed by atoms with E-state index in [1.165, 1.54) is 31.3 Å². The van der Waals surface area contributed by atoms with E-state index in [2.05, 4.69) is 58.8 Å². The summed E-state index contributed by atoms with van der Waals surface area (Å²) in [7, 11) is 4.46. The van der Waals surface area contributed by atoms with Crippen molar-refractivity contribution < 1.29 is 9.90 Å². The molecule has 3 heteroatoms. The van der Waals surface area contributed by atoms with Crippen molar-refractivity contribution in [3.05, 3.63) is 23.3 Å². The number of hydrogen-bond donors (Lipinski definition) is 1. The molecule has 3 nitrogen and oxygen atoms in total. The van der Waals surface area contributed by atoms with Gasteiger partial charge in [-0.1, -0.05) is 45.4 Å². The Morgan fingerprint density at radius 1 is 1.07 bits per heavy atom. The number of aliphatic hydroxyl groups excluding tert-OH is 1. The van der Waals surface area contributed by atoms with Crippen molar-refractivity contribution in [2.45, 2.75) is 85.3 Å². The first-order valence-electron chi connectivity index (χ1n) is 11.7. The van der Waals surface area contributed by atoms with Gasteiger partial charge in [-0.2, -0.15) is 0 Å². The summed E-state index contributed by atoms with van der Waals surface area (Å²) < 4.78 is 0. The quantitative estimate of drug-likeness (QED) is 0.710. The molecule has 2 saturated carbocycles. The van der Waals surface area contributed by atoms with Crippen LogP contribution in [0.25, 0.3) is 0 Å². The van der Waals surface area contributed by atoms with Gasteiger partial charge in [-0.3, -0.25) is 4.79 Å². The van der Waals surface area contributed by atoms with Crippen molar-refractivity contribution in [3.8, 4) is 0 Å². The average molecular weight is 400 g/mol. The Labute approximate surface area is 177 Å². The van der Waals surface area contributed by atoms with Gasteiger partial charge in [-0.25, -0.2) is 0 Å². The van der Waals surface area contributed by atoms with Gasteiger partial charge in [-0.15, -0.1) is 0 Å². The molecule has 0 unspecified atom stereocenters. The van der Waals surface area contributed by atoms with Gasteiger partial charge in [-0.05, 0) is 93.2 Å². The number of ketones is 1. The zero-order valence-corrected chi connectivity index (χ0v) is 19.6. The van der Waals surface area contributed by atoms with Crippen LogP contribution >= 0.6 is 0 Å². The summed E-state index contributed by atoms with van der Waals surface area (Å²) in [5.74, 6) is 1.01. The molecule has 0 saturated heterocycles. The molecule has 0 aromatic heterocycles. The highest BCUT2D eigenvalue weighted by Crippen LogP contribution is 2.67. The van der Waals surface area contributed by atoms with Crippen LogP contribution in [0.15, 0.2) is 23.3 Å². The number of rotatable bonds is 2. The Morgan fingerprint density at radius 3 is 2.34 bits per heavy atom. The minimum Gasteiger partial charge on any atom is -0.392 e. The second-order valence-electron chi connectivity index (χ2n) is 11.8. The molecular weight excluding hydrogens is 358 g/mol. The highest BCUT2D eigenvalue weighted by molar-refractivity contribution is 5.80. The van der Waals surface area contributed by atoms with Gasteiger partial charge in [0.1, 0.15) is 5.78 Å². The predicted molar refractivity (Wildman–Crippen MR) is 118 cm³/mol. The van der Waals surface area contributed by atoms with E-state index in [4.69, 9.17) is 0 Å². The molecule has 29 heavy (non-hydrogen) atoms. The lowest BCUT2D eigenvalue weighted by Crippen LogP contribution is -2.49. The van der Waals surface area contributed by atoms with E-state index in [1.807, 2.05) is 0 Å². The number of carbonyl (C=O) groups excluding carboxylic acids is 1. The molecule has 4 aliphatic carbocycles. The highest BCUT2D eigenvalue weighted by atomic mass is 16.3. The van der Waals surface area contributed by atoms with E-state index >= 15 is 0 Å². The number of fused-ring (bicyclic) bond motifs is 4.